The number of sulfonamides is 1. The van der Waals surface area contributed by atoms with Crippen molar-refractivity contribution in [2.24, 2.45) is 4.99 Å². The number of halogens is 4. The fourth-order valence-corrected chi connectivity index (χ4v) is 4.61. The van der Waals surface area contributed by atoms with Gasteiger partial charge in [0.05, 0.1) is 0 Å². The number of hydrogen-bond acceptors (Lipinski definition) is 7. The van der Waals surface area contributed by atoms with Crippen LogP contribution in [0.5, 0.6) is 0 Å². The lowest BCUT2D eigenvalue weighted by atomic mass is 10.4. The van der Waals surface area contributed by atoms with Gasteiger partial charge in [-0.05, 0) is 23.9 Å². The van der Waals surface area contributed by atoms with Gasteiger partial charge in [-0.25, -0.2) is 18.0 Å². The molecule has 0 saturated carbocycles. The van der Waals surface area contributed by atoms with E-state index in [2.05, 4.69) is 4.99 Å². The van der Waals surface area contributed by atoms with Gasteiger partial charge in [-0.15, -0.1) is 24.5 Å². The molecule has 0 aromatic carbocycles. The number of amidine groups is 1. The molecule has 0 fully saturated rings. The van der Waals surface area contributed by atoms with E-state index in [4.69, 9.17) is 11.6 Å². The Bertz CT molecular complexity index is 966. The molecule has 0 aliphatic carbocycles. The summed E-state index contributed by atoms with van der Waals surface area (Å²) < 4.78 is 64.6. The number of fused-ring (bicyclic) bond motifs is 1. The fourth-order valence-electron chi connectivity index (χ4n) is 2.15. The van der Waals surface area contributed by atoms with E-state index >= 15 is 0 Å². The SMILES string of the molecule is Cc1csc(S(=O)(=O)NC(=O)C2=C[N+]3CN(C(F)(F)F)C=C(Cl)C3=N2)c1. The molecule has 0 atom stereocenters. The summed E-state index contributed by atoms with van der Waals surface area (Å²) in [5.74, 6) is -1.14. The van der Waals surface area contributed by atoms with Crippen molar-refractivity contribution in [1.29, 1.82) is 0 Å². The molecule has 2 aliphatic heterocycles. The minimum Gasteiger partial charge on any atom is -0.266 e. The second-order valence-electron chi connectivity index (χ2n) is 5.35. The van der Waals surface area contributed by atoms with E-state index in [0.717, 1.165) is 22.4 Å². The molecule has 1 aromatic rings. The molecule has 0 saturated heterocycles. The van der Waals surface area contributed by atoms with Crippen LogP contribution < -0.4 is 9.62 Å². The molecule has 0 unspecified atom stereocenters. The summed E-state index contributed by atoms with van der Waals surface area (Å²) in [5, 5.41) is 1.27. The number of alkyl halides is 3. The van der Waals surface area contributed by atoms with Gasteiger partial charge >= 0.3 is 12.1 Å². The highest BCUT2D eigenvalue weighted by Gasteiger charge is 2.47. The standard InChI is InChI=1S/C13H10ClF3N4O3S2/c1-7-2-10(25-5-7)26(23,24)19-12(22)9-4-20-6-21(13(15,16)17)3-8(14)11(20)18-9/h2-5H,6H2,1H3,(H,19,22)/q+1. The molecule has 26 heavy (non-hydrogen) atoms. The average molecular weight is 427 g/mol. The molecule has 1 radical (unpaired) electrons. The minimum atomic E-state index is -4.66. The molecular weight excluding hydrogens is 417 g/mol. The third-order valence-electron chi connectivity index (χ3n) is 3.32. The smallest absolute Gasteiger partial charge is 0.266 e. The first-order valence-electron chi connectivity index (χ1n) is 6.88. The maximum Gasteiger partial charge on any atom is 0.488 e. The normalized spacial score (nSPS) is 18.2. The van der Waals surface area contributed by atoms with Crippen molar-refractivity contribution in [1.82, 2.24) is 14.5 Å². The van der Waals surface area contributed by atoms with Crippen LogP contribution in [0, 0.1) is 6.92 Å². The number of nitrogens with one attached hydrogen (secondary N) is 1. The van der Waals surface area contributed by atoms with Crippen LogP contribution in [-0.2, 0) is 14.8 Å². The predicted octanol–water partition coefficient (Wildman–Crippen LogP) is 2.13. The summed E-state index contributed by atoms with van der Waals surface area (Å²) in [6.45, 7) is 1.04. The molecule has 7 nitrogen and oxygen atoms in total. The van der Waals surface area contributed by atoms with Crippen LogP contribution in [0.25, 0.3) is 0 Å². The van der Waals surface area contributed by atoms with Gasteiger partial charge in [-0.1, -0.05) is 16.5 Å². The molecule has 1 N–H and O–H groups in total. The van der Waals surface area contributed by atoms with E-state index < -0.39 is 28.9 Å². The number of carbonyl (C=O) groups is 1. The number of nitrogens with zero attached hydrogens (tertiary/aromatic N) is 3. The summed E-state index contributed by atoms with van der Waals surface area (Å²) in [4.78, 5) is 17.0. The Labute approximate surface area is 155 Å². The van der Waals surface area contributed by atoms with Crippen LogP contribution >= 0.6 is 22.9 Å². The van der Waals surface area contributed by atoms with Crippen molar-refractivity contribution in [2.45, 2.75) is 17.4 Å². The summed E-state index contributed by atoms with van der Waals surface area (Å²) in [6, 6.07) is 1.39. The topological polar surface area (TPSA) is 84.7 Å². The van der Waals surface area contributed by atoms with Crippen LogP contribution in [0.4, 0.5) is 13.2 Å². The molecule has 3 heterocycles. The molecule has 1 amide bonds. The number of thiophene rings is 1. The molecule has 0 bridgehead atoms. The van der Waals surface area contributed by atoms with Crippen LogP contribution in [0.15, 0.2) is 43.8 Å². The Kier molecular flexibility index (Phi) is 4.63. The summed E-state index contributed by atoms with van der Waals surface area (Å²) >= 11 is 6.72. The highest BCUT2D eigenvalue weighted by Crippen LogP contribution is 2.30. The van der Waals surface area contributed by atoms with Gasteiger partial charge in [-0.2, -0.15) is 4.99 Å². The van der Waals surface area contributed by atoms with Gasteiger partial charge in [0.1, 0.15) is 9.24 Å². The monoisotopic (exact) mass is 426 g/mol. The Morgan fingerprint density at radius 1 is 1.46 bits per heavy atom. The van der Waals surface area contributed by atoms with Crippen molar-refractivity contribution in [2.75, 3.05) is 6.67 Å². The zero-order valence-electron chi connectivity index (χ0n) is 12.9. The summed E-state index contributed by atoms with van der Waals surface area (Å²) in [7, 11) is -4.10. The molecule has 3 rings (SSSR count). The number of aliphatic imine (C=N–C) groups is 1. The maximum absolute atomic E-state index is 12.8. The third kappa shape index (κ3) is 3.63. The van der Waals surface area contributed by atoms with E-state index in [-0.39, 0.29) is 25.7 Å². The van der Waals surface area contributed by atoms with Crippen LogP contribution in [0.3, 0.4) is 0 Å². The first-order chi connectivity index (χ1) is 12.0. The van der Waals surface area contributed by atoms with Crippen LogP contribution in [0.2, 0.25) is 0 Å². The average Bonchev–Trinajstić information content (AvgIpc) is 3.12. The Balaban J connectivity index is 1.80. The third-order valence-corrected chi connectivity index (χ3v) is 6.48. The van der Waals surface area contributed by atoms with Crippen molar-refractivity contribution in [3.63, 3.8) is 0 Å². The molecular formula is C13H10ClF3N4O3S2+. The minimum absolute atomic E-state index is 0.0108. The predicted molar refractivity (Wildman–Crippen MR) is 88.7 cm³/mol. The van der Waals surface area contributed by atoms with E-state index in [1.807, 2.05) is 4.72 Å². The van der Waals surface area contributed by atoms with Gasteiger partial charge in [-0.3, -0.25) is 4.79 Å². The van der Waals surface area contributed by atoms with Gasteiger partial charge in [0.15, 0.2) is 11.9 Å². The van der Waals surface area contributed by atoms with E-state index in [0.29, 0.717) is 11.8 Å². The van der Waals surface area contributed by atoms with Crippen LogP contribution in [-0.4, -0.2) is 38.0 Å². The van der Waals surface area contributed by atoms with Gasteiger partial charge in [0, 0.05) is 6.20 Å². The number of aryl methyl sites for hydroxylation is 1. The second-order valence-corrected chi connectivity index (χ2v) is 8.58. The zero-order chi connectivity index (χ0) is 19.3. The Morgan fingerprint density at radius 3 is 2.73 bits per heavy atom. The summed E-state index contributed by atoms with van der Waals surface area (Å²) in [5.41, 5.74) is 0.344. The van der Waals surface area contributed by atoms with Gasteiger partial charge < -0.3 is 0 Å². The first kappa shape index (κ1) is 18.9. The lowest BCUT2D eigenvalue weighted by Crippen LogP contribution is -2.48. The lowest BCUT2D eigenvalue weighted by molar-refractivity contribution is -0.230. The summed E-state index contributed by atoms with van der Waals surface area (Å²) in [6.07, 6.45) is -3.00. The highest BCUT2D eigenvalue weighted by atomic mass is 35.5. The number of rotatable bonds is 3. The molecule has 13 heteroatoms. The fraction of sp³-hybridized carbons (Fsp3) is 0.231. The molecule has 139 valence electrons. The largest absolute Gasteiger partial charge is 0.488 e. The van der Waals surface area contributed by atoms with Crippen molar-refractivity contribution >= 4 is 44.7 Å². The van der Waals surface area contributed by atoms with Crippen LogP contribution in [0.1, 0.15) is 5.56 Å². The molecule has 2 aliphatic rings. The Morgan fingerprint density at radius 2 is 2.15 bits per heavy atom. The van der Waals surface area contributed by atoms with Crippen molar-refractivity contribution in [3.8, 4) is 0 Å². The highest BCUT2D eigenvalue weighted by molar-refractivity contribution is 7.92. The zero-order valence-corrected chi connectivity index (χ0v) is 15.3. The molecule has 1 aromatic heterocycles. The van der Waals surface area contributed by atoms with Crippen molar-refractivity contribution < 1.29 is 26.4 Å². The van der Waals surface area contributed by atoms with E-state index in [9.17, 15) is 26.4 Å². The lowest BCUT2D eigenvalue weighted by Gasteiger charge is -2.25. The first-order valence-corrected chi connectivity index (χ1v) is 9.62. The quantitative estimate of drug-likeness (QED) is 0.592. The van der Waals surface area contributed by atoms with E-state index in [1.54, 1.807) is 12.3 Å². The van der Waals surface area contributed by atoms with Gasteiger partial charge in [0.25, 0.3) is 15.9 Å². The molecule has 0 spiro atoms. The number of amides is 1. The van der Waals surface area contributed by atoms with E-state index in [1.165, 1.54) is 6.07 Å². The van der Waals surface area contributed by atoms with Crippen molar-refractivity contribution in [3.05, 3.63) is 40.1 Å². The van der Waals surface area contributed by atoms with Gasteiger partial charge in [0.2, 0.25) is 6.67 Å². The second kappa shape index (κ2) is 6.37. The maximum atomic E-state index is 12.8. The Hall–Kier alpha value is -1.89. The number of carbonyl (C=O) groups excluding carboxylic acids is 1. The number of hydrogen-bond donors (Lipinski definition) is 1.